The van der Waals surface area contributed by atoms with Crippen LogP contribution < -0.4 is 5.32 Å². The summed E-state index contributed by atoms with van der Waals surface area (Å²) >= 11 is 0. The van der Waals surface area contributed by atoms with Crippen molar-refractivity contribution in [1.29, 1.82) is 0 Å². The third-order valence-electron chi connectivity index (χ3n) is 4.45. The van der Waals surface area contributed by atoms with E-state index in [9.17, 15) is 0 Å². The fourth-order valence-electron chi connectivity index (χ4n) is 3.15. The first-order chi connectivity index (χ1) is 9.22. The van der Waals surface area contributed by atoms with Crippen molar-refractivity contribution >= 4 is 0 Å². The number of aromatic nitrogens is 2. The highest BCUT2D eigenvalue weighted by atomic mass is 15.2. The summed E-state index contributed by atoms with van der Waals surface area (Å²) < 4.78 is 0. The summed E-state index contributed by atoms with van der Waals surface area (Å²) in [5.41, 5.74) is 1.17. The van der Waals surface area contributed by atoms with Gasteiger partial charge in [-0.25, -0.2) is 0 Å². The minimum Gasteiger partial charge on any atom is -0.307 e. The van der Waals surface area contributed by atoms with Crippen molar-refractivity contribution < 1.29 is 0 Å². The van der Waals surface area contributed by atoms with Crippen LogP contribution in [0.4, 0.5) is 0 Å². The van der Waals surface area contributed by atoms with Crippen LogP contribution >= 0.6 is 0 Å². The Hall–Kier alpha value is -1.00. The lowest BCUT2D eigenvalue weighted by Gasteiger charge is -2.44. The van der Waals surface area contributed by atoms with Crippen LogP contribution in [-0.4, -0.2) is 40.0 Å². The molecule has 4 nitrogen and oxygen atoms in total. The Morgan fingerprint density at radius 2 is 2.05 bits per heavy atom. The largest absolute Gasteiger partial charge is 0.307 e. The SMILES string of the molecule is CCNC(c1cnccn1)C(C)(CC)N1CCCC1. The molecule has 19 heavy (non-hydrogen) atoms. The molecule has 1 aliphatic heterocycles. The molecular weight excluding hydrogens is 236 g/mol. The predicted molar refractivity (Wildman–Crippen MR) is 78.0 cm³/mol. The summed E-state index contributed by atoms with van der Waals surface area (Å²) in [5, 5.41) is 3.62. The molecule has 0 saturated carbocycles. The molecule has 0 bridgehead atoms. The third kappa shape index (κ3) is 2.95. The summed E-state index contributed by atoms with van der Waals surface area (Å²) in [6.45, 7) is 10.1. The standard InChI is InChI=1S/C15H26N4/c1-4-15(3,19-10-6-7-11-19)14(17-5-2)13-12-16-8-9-18-13/h8-9,12,14,17H,4-7,10-11H2,1-3H3. The Morgan fingerprint density at radius 3 is 2.58 bits per heavy atom. The van der Waals surface area contributed by atoms with E-state index in [2.05, 4.69) is 41.0 Å². The highest BCUT2D eigenvalue weighted by molar-refractivity contribution is 5.12. The maximum atomic E-state index is 4.53. The van der Waals surface area contributed by atoms with Gasteiger partial charge in [-0.3, -0.25) is 14.9 Å². The van der Waals surface area contributed by atoms with Gasteiger partial charge in [-0.2, -0.15) is 0 Å². The van der Waals surface area contributed by atoms with E-state index in [-0.39, 0.29) is 11.6 Å². The van der Waals surface area contributed by atoms with Crippen molar-refractivity contribution in [2.75, 3.05) is 19.6 Å². The summed E-state index contributed by atoms with van der Waals surface area (Å²) in [5.74, 6) is 0. The van der Waals surface area contributed by atoms with Crippen LogP contribution in [0.2, 0.25) is 0 Å². The Bertz CT molecular complexity index is 375. The van der Waals surface area contributed by atoms with E-state index in [0.717, 1.165) is 18.7 Å². The quantitative estimate of drug-likeness (QED) is 0.854. The molecule has 2 unspecified atom stereocenters. The van der Waals surface area contributed by atoms with Crippen LogP contribution in [0.25, 0.3) is 0 Å². The molecule has 1 aromatic heterocycles. The fraction of sp³-hybridized carbons (Fsp3) is 0.733. The van der Waals surface area contributed by atoms with Crippen LogP contribution in [0.5, 0.6) is 0 Å². The molecule has 1 N–H and O–H groups in total. The summed E-state index contributed by atoms with van der Waals surface area (Å²) in [7, 11) is 0. The van der Waals surface area contributed by atoms with Crippen molar-refractivity contribution in [1.82, 2.24) is 20.2 Å². The second kappa shape index (κ2) is 6.44. The smallest absolute Gasteiger partial charge is 0.0774 e. The van der Waals surface area contributed by atoms with Crippen LogP contribution in [0.15, 0.2) is 18.6 Å². The molecule has 1 fully saturated rings. The minimum absolute atomic E-state index is 0.114. The van der Waals surface area contributed by atoms with Crippen LogP contribution in [-0.2, 0) is 0 Å². The van der Waals surface area contributed by atoms with Crippen molar-refractivity contribution in [3.8, 4) is 0 Å². The highest BCUT2D eigenvalue weighted by Gasteiger charge is 2.40. The Morgan fingerprint density at radius 1 is 1.32 bits per heavy atom. The van der Waals surface area contributed by atoms with Gasteiger partial charge in [-0.05, 0) is 45.8 Å². The minimum atomic E-state index is 0.114. The number of nitrogens with one attached hydrogen (secondary N) is 1. The molecule has 0 amide bonds. The topological polar surface area (TPSA) is 41.1 Å². The van der Waals surface area contributed by atoms with Crippen LogP contribution in [0, 0.1) is 0 Å². The maximum Gasteiger partial charge on any atom is 0.0774 e. The van der Waals surface area contributed by atoms with Gasteiger partial charge in [0.25, 0.3) is 0 Å². The van der Waals surface area contributed by atoms with Crippen LogP contribution in [0.1, 0.15) is 51.8 Å². The average Bonchev–Trinajstić information content (AvgIpc) is 2.99. The number of likely N-dealkylation sites (N-methyl/N-ethyl adjacent to an activating group) is 1. The number of nitrogens with zero attached hydrogens (tertiary/aromatic N) is 3. The molecule has 1 aromatic rings. The van der Waals surface area contributed by atoms with Gasteiger partial charge in [-0.15, -0.1) is 0 Å². The van der Waals surface area contributed by atoms with E-state index in [1.165, 1.54) is 25.9 Å². The zero-order valence-electron chi connectivity index (χ0n) is 12.4. The van der Waals surface area contributed by atoms with E-state index in [1.54, 1.807) is 12.4 Å². The van der Waals surface area contributed by atoms with E-state index < -0.39 is 0 Å². The second-order valence-electron chi connectivity index (χ2n) is 5.53. The number of hydrogen-bond donors (Lipinski definition) is 1. The van der Waals surface area contributed by atoms with Gasteiger partial charge in [0.2, 0.25) is 0 Å². The Balaban J connectivity index is 2.29. The first-order valence-corrected chi connectivity index (χ1v) is 7.46. The van der Waals surface area contributed by atoms with E-state index in [4.69, 9.17) is 0 Å². The van der Waals surface area contributed by atoms with Gasteiger partial charge in [0, 0.05) is 17.9 Å². The van der Waals surface area contributed by atoms with E-state index in [1.807, 2.05) is 6.20 Å². The monoisotopic (exact) mass is 262 g/mol. The lowest BCUT2D eigenvalue weighted by atomic mass is 9.85. The summed E-state index contributed by atoms with van der Waals surface area (Å²) in [6.07, 6.45) is 9.17. The molecule has 0 spiro atoms. The molecule has 4 heteroatoms. The molecule has 2 heterocycles. The maximum absolute atomic E-state index is 4.53. The summed E-state index contributed by atoms with van der Waals surface area (Å²) in [6, 6.07) is 0.245. The summed E-state index contributed by atoms with van der Waals surface area (Å²) in [4.78, 5) is 11.4. The van der Waals surface area contributed by atoms with Gasteiger partial charge in [0.1, 0.15) is 0 Å². The normalized spacial score (nSPS) is 21.2. The van der Waals surface area contributed by atoms with Gasteiger partial charge in [0.15, 0.2) is 0 Å². The van der Waals surface area contributed by atoms with Gasteiger partial charge in [-0.1, -0.05) is 13.8 Å². The van der Waals surface area contributed by atoms with Gasteiger partial charge >= 0.3 is 0 Å². The van der Waals surface area contributed by atoms with Crippen molar-refractivity contribution in [3.05, 3.63) is 24.3 Å². The van der Waals surface area contributed by atoms with E-state index in [0.29, 0.717) is 0 Å². The molecule has 106 valence electrons. The van der Waals surface area contributed by atoms with Crippen LogP contribution in [0.3, 0.4) is 0 Å². The zero-order chi connectivity index (χ0) is 13.7. The van der Waals surface area contributed by atoms with Gasteiger partial charge < -0.3 is 5.32 Å². The molecule has 2 atom stereocenters. The lowest BCUT2D eigenvalue weighted by molar-refractivity contribution is 0.0828. The molecule has 1 saturated heterocycles. The lowest BCUT2D eigenvalue weighted by Crippen LogP contribution is -2.53. The predicted octanol–water partition coefficient (Wildman–Crippen LogP) is 2.39. The molecule has 1 aliphatic rings. The van der Waals surface area contributed by atoms with E-state index >= 15 is 0 Å². The number of rotatable bonds is 6. The highest BCUT2D eigenvalue weighted by Crippen LogP contribution is 2.35. The van der Waals surface area contributed by atoms with Gasteiger partial charge in [0.05, 0.1) is 17.9 Å². The number of likely N-dealkylation sites (tertiary alicyclic amines) is 1. The van der Waals surface area contributed by atoms with Crippen molar-refractivity contribution in [2.45, 2.75) is 51.6 Å². The first kappa shape index (κ1) is 14.4. The zero-order valence-corrected chi connectivity index (χ0v) is 12.4. The molecular formula is C15H26N4. The fourth-order valence-corrected chi connectivity index (χ4v) is 3.15. The molecule has 2 rings (SSSR count). The Labute approximate surface area is 116 Å². The Kier molecular flexibility index (Phi) is 4.88. The molecule has 0 aromatic carbocycles. The molecule has 0 radical (unpaired) electrons. The third-order valence-corrected chi connectivity index (χ3v) is 4.45. The van der Waals surface area contributed by atoms with Crippen molar-refractivity contribution in [3.63, 3.8) is 0 Å². The first-order valence-electron chi connectivity index (χ1n) is 7.46. The molecule has 0 aliphatic carbocycles. The second-order valence-corrected chi connectivity index (χ2v) is 5.53. The average molecular weight is 262 g/mol. The van der Waals surface area contributed by atoms with Crippen molar-refractivity contribution in [2.24, 2.45) is 0 Å². The number of hydrogen-bond acceptors (Lipinski definition) is 4.